The third-order valence-corrected chi connectivity index (χ3v) is 3.43. The molecule has 0 radical (unpaired) electrons. The molecule has 2 rings (SSSR count). The number of esters is 1. The molecule has 19 heavy (non-hydrogen) atoms. The van der Waals surface area contributed by atoms with Crippen molar-refractivity contribution in [3.05, 3.63) is 24.0 Å². The smallest absolute Gasteiger partial charge is 0.309 e. The van der Waals surface area contributed by atoms with Gasteiger partial charge in [-0.2, -0.15) is 0 Å². The first kappa shape index (κ1) is 13.6. The number of rotatable bonds is 3. The molecule has 0 unspecified atom stereocenters. The second-order valence-electron chi connectivity index (χ2n) is 4.72. The van der Waals surface area contributed by atoms with E-state index in [0.717, 1.165) is 0 Å². The number of anilines is 2. The molecule has 2 N–H and O–H groups in total. The van der Waals surface area contributed by atoms with E-state index in [-0.39, 0.29) is 17.7 Å². The minimum Gasteiger partial charge on any atom is -0.466 e. The summed E-state index contributed by atoms with van der Waals surface area (Å²) in [5.41, 5.74) is 6.50. The topological polar surface area (TPSA) is 55.6 Å². The Hall–Kier alpha value is -1.78. The molecule has 1 fully saturated rings. The zero-order chi connectivity index (χ0) is 13.8. The third-order valence-electron chi connectivity index (χ3n) is 3.43. The van der Waals surface area contributed by atoms with Crippen molar-refractivity contribution in [2.45, 2.75) is 19.8 Å². The summed E-state index contributed by atoms with van der Waals surface area (Å²) in [5, 5.41) is 0. The van der Waals surface area contributed by atoms with E-state index < -0.39 is 0 Å². The number of benzene rings is 1. The van der Waals surface area contributed by atoms with Gasteiger partial charge in [-0.05, 0) is 38.0 Å². The fourth-order valence-electron chi connectivity index (χ4n) is 2.40. The maximum absolute atomic E-state index is 13.8. The van der Waals surface area contributed by atoms with Crippen LogP contribution in [-0.4, -0.2) is 25.7 Å². The van der Waals surface area contributed by atoms with Gasteiger partial charge in [0.1, 0.15) is 5.82 Å². The number of nitrogen functional groups attached to an aromatic ring is 1. The van der Waals surface area contributed by atoms with Crippen molar-refractivity contribution in [3.63, 3.8) is 0 Å². The molecule has 1 saturated heterocycles. The number of ether oxygens (including phenoxy) is 1. The largest absolute Gasteiger partial charge is 0.466 e. The second kappa shape index (κ2) is 5.91. The van der Waals surface area contributed by atoms with Crippen LogP contribution in [0.25, 0.3) is 0 Å². The Morgan fingerprint density at radius 2 is 2.16 bits per heavy atom. The first-order valence-electron chi connectivity index (χ1n) is 6.58. The Kier molecular flexibility index (Phi) is 4.24. The van der Waals surface area contributed by atoms with E-state index in [9.17, 15) is 9.18 Å². The average Bonchev–Trinajstić information content (AvgIpc) is 2.39. The molecule has 1 aliphatic rings. The molecule has 0 bridgehead atoms. The van der Waals surface area contributed by atoms with Crippen LogP contribution in [0.15, 0.2) is 18.2 Å². The zero-order valence-electron chi connectivity index (χ0n) is 11.1. The monoisotopic (exact) mass is 266 g/mol. The van der Waals surface area contributed by atoms with Crippen molar-refractivity contribution in [2.24, 2.45) is 5.92 Å². The molecule has 0 aromatic heterocycles. The van der Waals surface area contributed by atoms with E-state index in [0.29, 0.717) is 43.9 Å². The first-order chi connectivity index (χ1) is 9.11. The fraction of sp³-hybridized carbons (Fsp3) is 0.500. The van der Waals surface area contributed by atoms with Crippen molar-refractivity contribution in [1.29, 1.82) is 0 Å². The molecule has 0 aliphatic carbocycles. The average molecular weight is 266 g/mol. The Morgan fingerprint density at radius 3 is 2.74 bits per heavy atom. The van der Waals surface area contributed by atoms with Crippen LogP contribution in [0.4, 0.5) is 15.8 Å². The van der Waals surface area contributed by atoms with Gasteiger partial charge in [0.05, 0.1) is 18.2 Å². The van der Waals surface area contributed by atoms with Crippen molar-refractivity contribution in [2.75, 3.05) is 30.3 Å². The summed E-state index contributed by atoms with van der Waals surface area (Å²) < 4.78 is 18.8. The van der Waals surface area contributed by atoms with Gasteiger partial charge in [-0.25, -0.2) is 4.39 Å². The van der Waals surface area contributed by atoms with Crippen LogP contribution in [0.2, 0.25) is 0 Å². The van der Waals surface area contributed by atoms with E-state index >= 15 is 0 Å². The number of nitrogens with zero attached hydrogens (tertiary/aromatic N) is 1. The van der Waals surface area contributed by atoms with E-state index in [1.165, 1.54) is 6.07 Å². The molecule has 1 aromatic carbocycles. The van der Waals surface area contributed by atoms with Crippen molar-refractivity contribution in [3.8, 4) is 0 Å². The van der Waals surface area contributed by atoms with Crippen LogP contribution in [-0.2, 0) is 9.53 Å². The van der Waals surface area contributed by atoms with Crippen molar-refractivity contribution < 1.29 is 13.9 Å². The number of hydrogen-bond acceptors (Lipinski definition) is 4. The summed E-state index contributed by atoms with van der Waals surface area (Å²) in [4.78, 5) is 13.6. The summed E-state index contributed by atoms with van der Waals surface area (Å²) in [6.07, 6.45) is 1.39. The molecule has 5 heteroatoms. The molecule has 104 valence electrons. The van der Waals surface area contributed by atoms with Gasteiger partial charge < -0.3 is 15.4 Å². The summed E-state index contributed by atoms with van der Waals surface area (Å²) in [6, 6.07) is 4.71. The van der Waals surface area contributed by atoms with E-state index in [1.54, 1.807) is 19.1 Å². The van der Waals surface area contributed by atoms with Gasteiger partial charge >= 0.3 is 5.97 Å². The molecule has 0 atom stereocenters. The zero-order valence-corrected chi connectivity index (χ0v) is 11.1. The van der Waals surface area contributed by atoms with E-state index in [4.69, 9.17) is 10.5 Å². The van der Waals surface area contributed by atoms with Gasteiger partial charge in [0.15, 0.2) is 0 Å². The summed E-state index contributed by atoms with van der Waals surface area (Å²) in [6.45, 7) is 3.52. The van der Waals surface area contributed by atoms with Crippen LogP contribution >= 0.6 is 0 Å². The molecule has 1 aliphatic heterocycles. The molecular weight excluding hydrogens is 247 g/mol. The predicted molar refractivity (Wildman–Crippen MR) is 72.4 cm³/mol. The third kappa shape index (κ3) is 3.16. The fourth-order valence-corrected chi connectivity index (χ4v) is 2.40. The number of hydrogen-bond donors (Lipinski definition) is 1. The van der Waals surface area contributed by atoms with Crippen LogP contribution in [0.5, 0.6) is 0 Å². The molecular formula is C14H19FN2O2. The Morgan fingerprint density at radius 1 is 1.47 bits per heavy atom. The van der Waals surface area contributed by atoms with Crippen LogP contribution in [0.3, 0.4) is 0 Å². The number of nitrogens with two attached hydrogens (primary N) is 1. The van der Waals surface area contributed by atoms with E-state index in [2.05, 4.69) is 0 Å². The maximum atomic E-state index is 13.8. The lowest BCUT2D eigenvalue weighted by Gasteiger charge is -2.32. The van der Waals surface area contributed by atoms with Crippen LogP contribution < -0.4 is 10.6 Å². The second-order valence-corrected chi connectivity index (χ2v) is 4.72. The molecule has 0 spiro atoms. The van der Waals surface area contributed by atoms with E-state index in [1.807, 2.05) is 4.90 Å². The molecule has 0 amide bonds. The Labute approximate surface area is 112 Å². The molecule has 1 heterocycles. The minimum atomic E-state index is -0.311. The van der Waals surface area contributed by atoms with Gasteiger partial charge in [0, 0.05) is 18.8 Å². The highest BCUT2D eigenvalue weighted by molar-refractivity contribution is 5.73. The summed E-state index contributed by atoms with van der Waals surface area (Å²) in [7, 11) is 0. The van der Waals surface area contributed by atoms with Crippen molar-refractivity contribution >= 4 is 17.3 Å². The molecule has 0 saturated carbocycles. The number of carbonyl (C=O) groups is 1. The summed E-state index contributed by atoms with van der Waals surface area (Å²) in [5.74, 6) is -0.512. The lowest BCUT2D eigenvalue weighted by Crippen LogP contribution is -2.37. The first-order valence-corrected chi connectivity index (χ1v) is 6.58. The molecule has 1 aromatic rings. The standard InChI is InChI=1S/C14H19FN2O2/c1-2-19-14(18)10-5-7-17(8-6-10)13-4-3-11(16)9-12(13)15/h3-4,9-10H,2,5-8,16H2,1H3. The Bertz CT molecular complexity index is 457. The highest BCUT2D eigenvalue weighted by Gasteiger charge is 2.26. The maximum Gasteiger partial charge on any atom is 0.309 e. The van der Waals surface area contributed by atoms with Crippen LogP contribution in [0.1, 0.15) is 19.8 Å². The number of carbonyl (C=O) groups excluding carboxylic acids is 1. The predicted octanol–water partition coefficient (Wildman–Crippen LogP) is 2.19. The van der Waals surface area contributed by atoms with Gasteiger partial charge in [0.25, 0.3) is 0 Å². The van der Waals surface area contributed by atoms with Gasteiger partial charge in [-0.3, -0.25) is 4.79 Å². The summed E-state index contributed by atoms with van der Waals surface area (Å²) >= 11 is 0. The normalized spacial score (nSPS) is 16.4. The quantitative estimate of drug-likeness (QED) is 0.673. The van der Waals surface area contributed by atoms with Gasteiger partial charge in [-0.15, -0.1) is 0 Å². The van der Waals surface area contributed by atoms with Crippen molar-refractivity contribution in [1.82, 2.24) is 0 Å². The minimum absolute atomic E-state index is 0.0620. The lowest BCUT2D eigenvalue weighted by atomic mass is 9.96. The Balaban J connectivity index is 1.98. The number of halogens is 1. The van der Waals surface area contributed by atoms with Gasteiger partial charge in [0.2, 0.25) is 0 Å². The highest BCUT2D eigenvalue weighted by atomic mass is 19.1. The van der Waals surface area contributed by atoms with Crippen LogP contribution in [0, 0.1) is 11.7 Å². The van der Waals surface area contributed by atoms with Gasteiger partial charge in [-0.1, -0.05) is 0 Å². The SMILES string of the molecule is CCOC(=O)C1CCN(c2ccc(N)cc2F)CC1. The molecule has 4 nitrogen and oxygen atoms in total. The lowest BCUT2D eigenvalue weighted by molar-refractivity contribution is -0.148. The number of piperidine rings is 1. The highest BCUT2D eigenvalue weighted by Crippen LogP contribution is 2.27.